The Hall–Kier alpha value is -0.670. The summed E-state index contributed by atoms with van der Waals surface area (Å²) >= 11 is 0. The van der Waals surface area contributed by atoms with E-state index < -0.39 is 12.2 Å². The second-order valence-electron chi connectivity index (χ2n) is 5.93. The van der Waals surface area contributed by atoms with E-state index in [1.54, 1.807) is 6.92 Å². The number of fused-ring (bicyclic) bond motifs is 1. The fourth-order valence-corrected chi connectivity index (χ4v) is 3.48. The molecule has 0 heterocycles. The summed E-state index contributed by atoms with van der Waals surface area (Å²) in [5.41, 5.74) is 0.805. The molecule has 0 aliphatic heterocycles. The summed E-state index contributed by atoms with van der Waals surface area (Å²) in [6.07, 6.45) is 2.93. The molecule has 1 saturated carbocycles. The van der Waals surface area contributed by atoms with Gasteiger partial charge in [-0.1, -0.05) is 19.9 Å². The number of allylic oxidation sites excluding steroid dienone is 1. The minimum atomic E-state index is -0.542. The molecule has 0 aromatic heterocycles. The Balaban J connectivity index is 2.35. The van der Waals surface area contributed by atoms with Crippen LogP contribution in [0.1, 0.15) is 40.0 Å². The first-order valence-electron chi connectivity index (χ1n) is 6.43. The number of carbonyl (C=O) groups is 1. The summed E-state index contributed by atoms with van der Waals surface area (Å²) in [6, 6.07) is 0. The highest BCUT2D eigenvalue weighted by Crippen LogP contribution is 2.52. The molecular formula is C14H22O3. The molecule has 17 heavy (non-hydrogen) atoms. The van der Waals surface area contributed by atoms with Crippen LogP contribution in [-0.4, -0.2) is 28.2 Å². The van der Waals surface area contributed by atoms with Crippen molar-refractivity contribution in [2.75, 3.05) is 0 Å². The van der Waals surface area contributed by atoms with Crippen molar-refractivity contribution >= 4 is 5.78 Å². The zero-order chi connectivity index (χ0) is 12.8. The SMILES string of the molecule is CC(=O)C1CC=C2C(O)CC(O)C(C)C2(C)C1. The molecule has 3 nitrogen and oxygen atoms in total. The minimum absolute atomic E-state index is 0.0451. The lowest BCUT2D eigenvalue weighted by Crippen LogP contribution is -2.49. The highest BCUT2D eigenvalue weighted by atomic mass is 16.3. The van der Waals surface area contributed by atoms with Crippen LogP contribution >= 0.6 is 0 Å². The lowest BCUT2D eigenvalue weighted by molar-refractivity contribution is -0.123. The van der Waals surface area contributed by atoms with Crippen LogP contribution in [0.5, 0.6) is 0 Å². The number of hydrogen-bond acceptors (Lipinski definition) is 3. The van der Waals surface area contributed by atoms with Crippen molar-refractivity contribution in [3.63, 3.8) is 0 Å². The van der Waals surface area contributed by atoms with Crippen LogP contribution in [0.4, 0.5) is 0 Å². The number of ketones is 1. The summed E-state index contributed by atoms with van der Waals surface area (Å²) in [5, 5.41) is 20.1. The number of Topliss-reactive ketones (excluding diaryl/α,β-unsaturated/α-hetero) is 1. The maximum atomic E-state index is 11.5. The van der Waals surface area contributed by atoms with E-state index >= 15 is 0 Å². The van der Waals surface area contributed by atoms with Gasteiger partial charge >= 0.3 is 0 Å². The molecule has 0 spiro atoms. The van der Waals surface area contributed by atoms with Gasteiger partial charge in [-0.25, -0.2) is 0 Å². The minimum Gasteiger partial charge on any atom is -0.393 e. The molecule has 1 fully saturated rings. The summed E-state index contributed by atoms with van der Waals surface area (Å²) in [6.45, 7) is 5.73. The van der Waals surface area contributed by atoms with Gasteiger partial charge in [0.05, 0.1) is 12.2 Å². The van der Waals surface area contributed by atoms with Gasteiger partial charge in [-0.2, -0.15) is 0 Å². The molecule has 2 N–H and O–H groups in total. The summed E-state index contributed by atoms with van der Waals surface area (Å²) in [5.74, 6) is 0.353. The van der Waals surface area contributed by atoms with Crippen molar-refractivity contribution in [1.29, 1.82) is 0 Å². The van der Waals surface area contributed by atoms with Crippen LogP contribution in [0.2, 0.25) is 0 Å². The van der Waals surface area contributed by atoms with Crippen molar-refractivity contribution in [2.45, 2.75) is 52.2 Å². The predicted molar refractivity (Wildman–Crippen MR) is 65.4 cm³/mol. The van der Waals surface area contributed by atoms with E-state index in [1.165, 1.54) is 0 Å². The summed E-state index contributed by atoms with van der Waals surface area (Å²) in [7, 11) is 0. The molecule has 0 saturated heterocycles. The molecule has 0 amide bonds. The van der Waals surface area contributed by atoms with Crippen LogP contribution in [0, 0.1) is 17.3 Å². The molecule has 2 aliphatic rings. The smallest absolute Gasteiger partial charge is 0.133 e. The third-order valence-corrected chi connectivity index (χ3v) is 4.93. The third kappa shape index (κ3) is 1.95. The Morgan fingerprint density at radius 2 is 2.12 bits per heavy atom. The third-order valence-electron chi connectivity index (χ3n) is 4.93. The number of aliphatic hydroxyl groups is 2. The Labute approximate surface area is 103 Å². The van der Waals surface area contributed by atoms with Gasteiger partial charge in [0.15, 0.2) is 0 Å². The van der Waals surface area contributed by atoms with Crippen LogP contribution in [0.25, 0.3) is 0 Å². The topological polar surface area (TPSA) is 57.5 Å². The molecule has 0 aromatic rings. The van der Waals surface area contributed by atoms with Crippen LogP contribution in [0.15, 0.2) is 11.6 Å². The van der Waals surface area contributed by atoms with Crippen molar-refractivity contribution in [2.24, 2.45) is 17.3 Å². The average molecular weight is 238 g/mol. The van der Waals surface area contributed by atoms with Gasteiger partial charge < -0.3 is 10.2 Å². The first kappa shape index (κ1) is 12.8. The standard InChI is InChI=1S/C14H22O3/c1-8-12(16)6-13(17)11-5-4-10(9(2)15)7-14(8,11)3/h5,8,10,12-13,16-17H,4,6-7H2,1-3H3. The molecule has 0 aromatic carbocycles. The highest BCUT2D eigenvalue weighted by Gasteiger charge is 2.49. The van der Waals surface area contributed by atoms with Gasteiger partial charge in [0, 0.05) is 12.3 Å². The molecule has 2 aliphatic carbocycles. The van der Waals surface area contributed by atoms with E-state index in [4.69, 9.17) is 0 Å². The maximum absolute atomic E-state index is 11.5. The van der Waals surface area contributed by atoms with Crippen molar-refractivity contribution < 1.29 is 15.0 Å². The van der Waals surface area contributed by atoms with E-state index in [9.17, 15) is 15.0 Å². The Morgan fingerprint density at radius 1 is 1.47 bits per heavy atom. The lowest BCUT2D eigenvalue weighted by Gasteiger charge is -2.50. The van der Waals surface area contributed by atoms with E-state index in [-0.39, 0.29) is 23.0 Å². The zero-order valence-electron chi connectivity index (χ0n) is 10.8. The average Bonchev–Trinajstić information content (AvgIpc) is 2.25. The van der Waals surface area contributed by atoms with Crippen molar-refractivity contribution in [3.8, 4) is 0 Å². The molecule has 5 atom stereocenters. The van der Waals surface area contributed by atoms with E-state index in [1.807, 2.05) is 13.0 Å². The molecule has 96 valence electrons. The molecule has 2 rings (SSSR count). The largest absolute Gasteiger partial charge is 0.393 e. The summed E-state index contributed by atoms with van der Waals surface area (Å²) < 4.78 is 0. The molecule has 0 bridgehead atoms. The van der Waals surface area contributed by atoms with E-state index in [0.29, 0.717) is 6.42 Å². The first-order valence-corrected chi connectivity index (χ1v) is 6.43. The number of carbonyl (C=O) groups excluding carboxylic acids is 1. The fraction of sp³-hybridized carbons (Fsp3) is 0.786. The van der Waals surface area contributed by atoms with E-state index in [0.717, 1.165) is 18.4 Å². The Morgan fingerprint density at radius 3 is 2.71 bits per heavy atom. The first-order chi connectivity index (χ1) is 7.86. The number of hydrogen-bond donors (Lipinski definition) is 2. The highest BCUT2D eigenvalue weighted by molar-refractivity contribution is 5.78. The van der Waals surface area contributed by atoms with Crippen LogP contribution < -0.4 is 0 Å². The van der Waals surface area contributed by atoms with Gasteiger partial charge in [-0.15, -0.1) is 0 Å². The van der Waals surface area contributed by atoms with Gasteiger partial charge in [-0.3, -0.25) is 4.79 Å². The van der Waals surface area contributed by atoms with Gasteiger partial charge in [0.25, 0.3) is 0 Å². The fourth-order valence-electron chi connectivity index (χ4n) is 3.48. The van der Waals surface area contributed by atoms with Gasteiger partial charge in [0.2, 0.25) is 0 Å². The predicted octanol–water partition coefficient (Wildman–Crippen LogP) is 1.68. The van der Waals surface area contributed by atoms with E-state index in [2.05, 4.69) is 6.92 Å². The summed E-state index contributed by atoms with van der Waals surface area (Å²) in [4.78, 5) is 11.5. The van der Waals surface area contributed by atoms with Crippen LogP contribution in [-0.2, 0) is 4.79 Å². The van der Waals surface area contributed by atoms with Gasteiger partial charge in [0.1, 0.15) is 5.78 Å². The second kappa shape index (κ2) is 4.21. The van der Waals surface area contributed by atoms with Crippen molar-refractivity contribution in [3.05, 3.63) is 11.6 Å². The zero-order valence-corrected chi connectivity index (χ0v) is 10.8. The van der Waals surface area contributed by atoms with Crippen molar-refractivity contribution in [1.82, 2.24) is 0 Å². The quantitative estimate of drug-likeness (QED) is 0.683. The van der Waals surface area contributed by atoms with Gasteiger partial charge in [-0.05, 0) is 36.7 Å². The molecule has 3 heteroatoms. The lowest BCUT2D eigenvalue weighted by atomic mass is 9.56. The maximum Gasteiger partial charge on any atom is 0.133 e. The second-order valence-corrected chi connectivity index (χ2v) is 5.93. The Kier molecular flexibility index (Phi) is 3.17. The monoisotopic (exact) mass is 238 g/mol. The normalized spacial score (nSPS) is 46.1. The Bertz CT molecular complexity index is 360. The number of aliphatic hydroxyl groups excluding tert-OH is 2. The van der Waals surface area contributed by atoms with Crippen LogP contribution in [0.3, 0.4) is 0 Å². The number of rotatable bonds is 1. The molecular weight excluding hydrogens is 216 g/mol. The molecule has 5 unspecified atom stereocenters. The molecule has 0 radical (unpaired) electrons.